The molecule has 0 aromatic heterocycles. The van der Waals surface area contributed by atoms with Crippen LogP contribution >= 0.6 is 0 Å². The lowest BCUT2D eigenvalue weighted by atomic mass is 10.1. The van der Waals surface area contributed by atoms with Crippen LogP contribution < -0.4 is 16.0 Å². The molecule has 0 heterocycles. The zero-order valence-corrected chi connectivity index (χ0v) is 13.5. The molecule has 118 valence electrons. The third-order valence-corrected chi connectivity index (χ3v) is 3.12. The minimum absolute atomic E-state index is 0.0944. The van der Waals surface area contributed by atoms with Crippen LogP contribution in [0, 0.1) is 5.92 Å². The van der Waals surface area contributed by atoms with Gasteiger partial charge in [-0.05, 0) is 31.0 Å². The van der Waals surface area contributed by atoms with E-state index in [1.54, 1.807) is 13.2 Å². The molecule has 21 heavy (non-hydrogen) atoms. The Kier molecular flexibility index (Phi) is 7.02. The number of benzene rings is 1. The number of carbonyl (C=O) groups excluding carboxylic acids is 1. The fourth-order valence-electron chi connectivity index (χ4n) is 2.20. The molecule has 3 N–H and O–H groups in total. The highest BCUT2D eigenvalue weighted by atomic mass is 16.5. The first kappa shape index (κ1) is 17.3. The molecule has 1 amide bonds. The summed E-state index contributed by atoms with van der Waals surface area (Å²) in [5, 5.41) is 2.78. The number of nitrogens with zero attached hydrogens (tertiary/aromatic N) is 1. The summed E-state index contributed by atoms with van der Waals surface area (Å²) in [4.78, 5) is 14.0. The Morgan fingerprint density at radius 3 is 2.67 bits per heavy atom. The average Bonchev–Trinajstić information content (AvgIpc) is 2.43. The summed E-state index contributed by atoms with van der Waals surface area (Å²) in [5.41, 5.74) is 8.31. The maximum absolute atomic E-state index is 11.8. The zero-order chi connectivity index (χ0) is 15.8. The van der Waals surface area contributed by atoms with E-state index < -0.39 is 0 Å². The molecule has 1 aromatic carbocycles. The molecule has 0 spiro atoms. The molecule has 0 aliphatic rings. The third kappa shape index (κ3) is 5.27. The van der Waals surface area contributed by atoms with Crippen LogP contribution in [0.5, 0.6) is 0 Å². The normalized spacial score (nSPS) is 10.7. The smallest absolute Gasteiger partial charge is 0.251 e. The number of hydrogen-bond acceptors (Lipinski definition) is 4. The van der Waals surface area contributed by atoms with Crippen molar-refractivity contribution in [2.45, 2.75) is 20.8 Å². The first-order valence-corrected chi connectivity index (χ1v) is 7.41. The van der Waals surface area contributed by atoms with Gasteiger partial charge in [-0.25, -0.2) is 0 Å². The number of rotatable bonds is 8. The van der Waals surface area contributed by atoms with Crippen LogP contribution in [0.1, 0.15) is 31.1 Å². The van der Waals surface area contributed by atoms with Crippen molar-refractivity contribution < 1.29 is 9.53 Å². The lowest BCUT2D eigenvalue weighted by molar-refractivity contribution is 0.0956. The lowest BCUT2D eigenvalue weighted by Crippen LogP contribution is -2.31. The van der Waals surface area contributed by atoms with Gasteiger partial charge in [0.1, 0.15) is 0 Å². The van der Waals surface area contributed by atoms with Gasteiger partial charge >= 0.3 is 0 Å². The van der Waals surface area contributed by atoms with E-state index in [0.29, 0.717) is 30.3 Å². The van der Waals surface area contributed by atoms with Crippen LogP contribution in [0.4, 0.5) is 11.4 Å². The Morgan fingerprint density at radius 2 is 2.14 bits per heavy atom. The second-order valence-corrected chi connectivity index (χ2v) is 5.47. The first-order valence-electron chi connectivity index (χ1n) is 7.41. The molecule has 0 aliphatic heterocycles. The van der Waals surface area contributed by atoms with Crippen molar-refractivity contribution in [3.8, 4) is 0 Å². The summed E-state index contributed by atoms with van der Waals surface area (Å²) in [5.74, 6) is 0.423. The average molecular weight is 293 g/mol. The van der Waals surface area contributed by atoms with Gasteiger partial charge < -0.3 is 20.7 Å². The Labute approximate surface area is 127 Å². The molecule has 0 unspecified atom stereocenters. The van der Waals surface area contributed by atoms with E-state index in [0.717, 1.165) is 18.8 Å². The van der Waals surface area contributed by atoms with Crippen molar-refractivity contribution in [1.29, 1.82) is 0 Å². The third-order valence-electron chi connectivity index (χ3n) is 3.12. The Balaban J connectivity index is 2.95. The standard InChI is InChI=1S/C16H27N3O2/c1-5-18-16(20)13-6-7-15(14(17)10-13)19(8-9-21-4)11-12(2)3/h6-7,10,12H,5,8-9,11,17H2,1-4H3,(H,18,20). The Morgan fingerprint density at radius 1 is 1.43 bits per heavy atom. The van der Waals surface area contributed by atoms with Gasteiger partial charge in [-0.1, -0.05) is 13.8 Å². The molecule has 0 saturated carbocycles. The van der Waals surface area contributed by atoms with E-state index in [1.807, 2.05) is 19.1 Å². The number of amides is 1. The maximum Gasteiger partial charge on any atom is 0.251 e. The number of ether oxygens (including phenoxy) is 1. The SMILES string of the molecule is CCNC(=O)c1ccc(N(CCOC)CC(C)C)c(N)c1. The summed E-state index contributed by atoms with van der Waals surface area (Å²) < 4.78 is 5.16. The molecule has 0 bridgehead atoms. The second kappa shape index (κ2) is 8.52. The van der Waals surface area contributed by atoms with E-state index in [9.17, 15) is 4.79 Å². The minimum atomic E-state index is -0.0944. The van der Waals surface area contributed by atoms with Gasteiger partial charge in [0.2, 0.25) is 0 Å². The monoisotopic (exact) mass is 293 g/mol. The summed E-state index contributed by atoms with van der Waals surface area (Å²) >= 11 is 0. The van der Waals surface area contributed by atoms with Crippen LogP contribution in [0.3, 0.4) is 0 Å². The van der Waals surface area contributed by atoms with Crippen LogP contribution in [0.2, 0.25) is 0 Å². The molecule has 5 nitrogen and oxygen atoms in total. The highest BCUT2D eigenvalue weighted by Crippen LogP contribution is 2.25. The van der Waals surface area contributed by atoms with Crippen molar-refractivity contribution in [3.63, 3.8) is 0 Å². The quantitative estimate of drug-likeness (QED) is 0.721. The molecule has 0 atom stereocenters. The summed E-state index contributed by atoms with van der Waals surface area (Å²) in [7, 11) is 1.69. The van der Waals surface area contributed by atoms with Gasteiger partial charge in [0.05, 0.1) is 18.0 Å². The summed E-state index contributed by atoms with van der Waals surface area (Å²) in [6.07, 6.45) is 0. The molecule has 1 rings (SSSR count). The molecule has 0 radical (unpaired) electrons. The summed E-state index contributed by atoms with van der Waals surface area (Å²) in [6, 6.07) is 5.47. The Hall–Kier alpha value is -1.75. The number of nitrogens with two attached hydrogens (primary N) is 1. The van der Waals surface area contributed by atoms with Crippen LogP contribution in [-0.4, -0.2) is 39.3 Å². The van der Waals surface area contributed by atoms with E-state index in [1.165, 1.54) is 0 Å². The topological polar surface area (TPSA) is 67.6 Å². The highest BCUT2D eigenvalue weighted by molar-refractivity contribution is 5.96. The predicted molar refractivity (Wildman–Crippen MR) is 87.8 cm³/mol. The highest BCUT2D eigenvalue weighted by Gasteiger charge is 2.13. The van der Waals surface area contributed by atoms with Crippen molar-refractivity contribution in [2.75, 3.05) is 44.0 Å². The summed E-state index contributed by atoms with van der Waals surface area (Å²) in [6.45, 7) is 9.15. The number of nitrogen functional groups attached to an aromatic ring is 1. The van der Waals surface area contributed by atoms with Crippen molar-refractivity contribution in [2.24, 2.45) is 5.92 Å². The molecule has 5 heteroatoms. The molecular formula is C16H27N3O2. The fraction of sp³-hybridized carbons (Fsp3) is 0.562. The fourth-order valence-corrected chi connectivity index (χ4v) is 2.20. The van der Waals surface area contributed by atoms with Crippen LogP contribution in [0.15, 0.2) is 18.2 Å². The van der Waals surface area contributed by atoms with Crippen LogP contribution in [-0.2, 0) is 4.74 Å². The predicted octanol–water partition coefficient (Wildman–Crippen LogP) is 2.13. The van der Waals surface area contributed by atoms with Crippen molar-refractivity contribution in [1.82, 2.24) is 5.32 Å². The van der Waals surface area contributed by atoms with E-state index >= 15 is 0 Å². The number of nitrogens with one attached hydrogen (secondary N) is 1. The van der Waals surface area contributed by atoms with Crippen LogP contribution in [0.25, 0.3) is 0 Å². The molecule has 0 aliphatic carbocycles. The Bertz CT molecular complexity index is 461. The lowest BCUT2D eigenvalue weighted by Gasteiger charge is -2.28. The number of anilines is 2. The van der Waals surface area contributed by atoms with Gasteiger partial charge in [-0.15, -0.1) is 0 Å². The molecule has 0 fully saturated rings. The molecule has 1 aromatic rings. The van der Waals surface area contributed by atoms with Crippen molar-refractivity contribution >= 4 is 17.3 Å². The molecule has 0 saturated heterocycles. The number of carbonyl (C=O) groups is 1. The van der Waals surface area contributed by atoms with E-state index in [4.69, 9.17) is 10.5 Å². The zero-order valence-electron chi connectivity index (χ0n) is 13.5. The van der Waals surface area contributed by atoms with Gasteiger partial charge in [-0.2, -0.15) is 0 Å². The van der Waals surface area contributed by atoms with Crippen molar-refractivity contribution in [3.05, 3.63) is 23.8 Å². The van der Waals surface area contributed by atoms with Gasteiger partial charge in [0.25, 0.3) is 5.91 Å². The number of hydrogen-bond donors (Lipinski definition) is 2. The first-order chi connectivity index (χ1) is 9.99. The van der Waals surface area contributed by atoms with E-state index in [-0.39, 0.29) is 5.91 Å². The maximum atomic E-state index is 11.8. The number of methoxy groups -OCH3 is 1. The van der Waals surface area contributed by atoms with Gasteiger partial charge in [0.15, 0.2) is 0 Å². The van der Waals surface area contributed by atoms with Gasteiger partial charge in [-0.3, -0.25) is 4.79 Å². The minimum Gasteiger partial charge on any atom is -0.397 e. The molecular weight excluding hydrogens is 266 g/mol. The van der Waals surface area contributed by atoms with E-state index in [2.05, 4.69) is 24.1 Å². The second-order valence-electron chi connectivity index (χ2n) is 5.47. The largest absolute Gasteiger partial charge is 0.397 e. The van der Waals surface area contributed by atoms with Gasteiger partial charge in [0, 0.05) is 32.3 Å².